The predicted octanol–water partition coefficient (Wildman–Crippen LogP) is 2.43. The van der Waals surface area contributed by atoms with Crippen molar-refractivity contribution in [3.63, 3.8) is 0 Å². The summed E-state index contributed by atoms with van der Waals surface area (Å²) in [6.07, 6.45) is 0.718. The van der Waals surface area contributed by atoms with Crippen LogP contribution in [0.5, 0.6) is 11.5 Å². The van der Waals surface area contributed by atoms with Gasteiger partial charge in [-0.2, -0.15) is 0 Å². The molecule has 0 radical (unpaired) electrons. The quantitative estimate of drug-likeness (QED) is 0.835. The van der Waals surface area contributed by atoms with Crippen molar-refractivity contribution in [1.29, 1.82) is 0 Å². The Morgan fingerprint density at radius 1 is 1.30 bits per heavy atom. The molecule has 4 N–H and O–H groups in total. The molecule has 0 aliphatic heterocycles. The number of nitrogens with zero attached hydrogens (tertiary/aromatic N) is 1. The number of nitrogens with two attached hydrogens (primary N) is 2. The maximum absolute atomic E-state index is 11.4. The summed E-state index contributed by atoms with van der Waals surface area (Å²) in [6, 6.07) is 8.57. The highest BCUT2D eigenvalue weighted by Gasteiger charge is 2.15. The normalized spacial score (nSPS) is 10.3. The summed E-state index contributed by atoms with van der Waals surface area (Å²) < 4.78 is 5.79. The van der Waals surface area contributed by atoms with Gasteiger partial charge in [-0.1, -0.05) is 13.0 Å². The summed E-state index contributed by atoms with van der Waals surface area (Å²) in [7, 11) is 0. The summed E-state index contributed by atoms with van der Waals surface area (Å²) in [5.74, 6) is 0.282. The Balaban J connectivity index is 2.47. The molecule has 0 saturated heterocycles. The van der Waals surface area contributed by atoms with Crippen molar-refractivity contribution in [2.24, 2.45) is 5.73 Å². The number of rotatable bonds is 4. The van der Waals surface area contributed by atoms with Gasteiger partial charge in [0.15, 0.2) is 5.75 Å². The molecule has 0 fully saturated rings. The number of ether oxygens (including phenoxy) is 1. The number of benzene rings is 1. The van der Waals surface area contributed by atoms with E-state index in [-0.39, 0.29) is 11.3 Å². The summed E-state index contributed by atoms with van der Waals surface area (Å²) in [6.45, 7) is 3.90. The fraction of sp³-hybridized carbons (Fsp3) is 0.200. The maximum Gasteiger partial charge on any atom is 0.252 e. The van der Waals surface area contributed by atoms with Crippen LogP contribution in [0.25, 0.3) is 0 Å². The minimum Gasteiger partial charge on any atom is -0.452 e. The first kappa shape index (κ1) is 13.9. The van der Waals surface area contributed by atoms with Crippen molar-refractivity contribution >= 4 is 11.6 Å². The third-order valence-corrected chi connectivity index (χ3v) is 2.93. The Morgan fingerprint density at radius 3 is 2.70 bits per heavy atom. The van der Waals surface area contributed by atoms with Crippen LogP contribution in [0.4, 0.5) is 5.69 Å². The van der Waals surface area contributed by atoms with E-state index in [0.717, 1.165) is 17.8 Å². The second-order valence-corrected chi connectivity index (χ2v) is 4.44. The molecule has 0 saturated carbocycles. The zero-order valence-electron chi connectivity index (χ0n) is 11.5. The third-order valence-electron chi connectivity index (χ3n) is 2.93. The van der Waals surface area contributed by atoms with Crippen molar-refractivity contribution in [3.8, 4) is 11.5 Å². The van der Waals surface area contributed by atoms with Crippen LogP contribution in [0.15, 0.2) is 30.3 Å². The van der Waals surface area contributed by atoms with Crippen molar-refractivity contribution in [2.45, 2.75) is 20.3 Å². The first-order valence-corrected chi connectivity index (χ1v) is 6.35. The molecule has 5 heteroatoms. The van der Waals surface area contributed by atoms with E-state index in [1.165, 1.54) is 0 Å². The number of carbonyl (C=O) groups excluding carboxylic acids is 1. The van der Waals surface area contributed by atoms with E-state index < -0.39 is 5.91 Å². The van der Waals surface area contributed by atoms with Gasteiger partial charge in [0, 0.05) is 5.69 Å². The predicted molar refractivity (Wildman–Crippen MR) is 77.8 cm³/mol. The molecular formula is C15H17N3O2. The van der Waals surface area contributed by atoms with Gasteiger partial charge in [-0.15, -0.1) is 0 Å². The van der Waals surface area contributed by atoms with Gasteiger partial charge in [0.1, 0.15) is 5.75 Å². The summed E-state index contributed by atoms with van der Waals surface area (Å²) >= 11 is 0. The number of nitrogen functional groups attached to an aromatic ring is 1. The van der Waals surface area contributed by atoms with E-state index in [1.807, 2.05) is 26.0 Å². The fourth-order valence-corrected chi connectivity index (χ4v) is 1.92. The molecule has 20 heavy (non-hydrogen) atoms. The molecule has 0 atom stereocenters. The second kappa shape index (κ2) is 5.61. The van der Waals surface area contributed by atoms with E-state index in [9.17, 15) is 4.79 Å². The standard InChI is InChI=1S/C15H17N3O2/c1-3-12-13(8-7-9(2)18-12)20-14-10(15(17)19)5-4-6-11(14)16/h4-8H,3,16H2,1-2H3,(H2,17,19). The SMILES string of the molecule is CCc1nc(C)ccc1Oc1c(N)cccc1C(N)=O. The van der Waals surface area contributed by atoms with Crippen molar-refractivity contribution < 1.29 is 9.53 Å². The molecule has 0 unspecified atom stereocenters. The van der Waals surface area contributed by atoms with E-state index in [2.05, 4.69) is 4.98 Å². The number of hydrogen-bond acceptors (Lipinski definition) is 4. The molecule has 104 valence electrons. The van der Waals surface area contributed by atoms with E-state index in [4.69, 9.17) is 16.2 Å². The molecule has 1 aromatic heterocycles. The Kier molecular flexibility index (Phi) is 3.89. The molecule has 0 aliphatic rings. The molecular weight excluding hydrogens is 254 g/mol. The Labute approximate surface area is 117 Å². The van der Waals surface area contributed by atoms with Crippen molar-refractivity contribution in [3.05, 3.63) is 47.3 Å². The topological polar surface area (TPSA) is 91.2 Å². The average Bonchev–Trinajstić information content (AvgIpc) is 2.42. The lowest BCUT2D eigenvalue weighted by atomic mass is 10.1. The van der Waals surface area contributed by atoms with E-state index >= 15 is 0 Å². The van der Waals surface area contributed by atoms with Crippen LogP contribution in [-0.2, 0) is 6.42 Å². The lowest BCUT2D eigenvalue weighted by Crippen LogP contribution is -2.13. The number of anilines is 1. The average molecular weight is 271 g/mol. The third kappa shape index (κ3) is 2.71. The summed E-state index contributed by atoms with van der Waals surface area (Å²) in [4.78, 5) is 15.9. The van der Waals surface area contributed by atoms with Crippen LogP contribution in [-0.4, -0.2) is 10.9 Å². The fourth-order valence-electron chi connectivity index (χ4n) is 1.92. The molecule has 1 amide bonds. The van der Waals surface area contributed by atoms with Gasteiger partial charge < -0.3 is 16.2 Å². The highest BCUT2D eigenvalue weighted by atomic mass is 16.5. The highest BCUT2D eigenvalue weighted by molar-refractivity contribution is 5.97. The molecule has 2 aromatic rings. The van der Waals surface area contributed by atoms with E-state index in [1.54, 1.807) is 18.2 Å². The lowest BCUT2D eigenvalue weighted by molar-refractivity contribution is 0.0998. The van der Waals surface area contributed by atoms with Crippen LogP contribution in [0.2, 0.25) is 0 Å². The molecule has 0 bridgehead atoms. The van der Waals surface area contributed by atoms with Crippen LogP contribution in [0.3, 0.4) is 0 Å². The zero-order chi connectivity index (χ0) is 14.7. The smallest absolute Gasteiger partial charge is 0.252 e. The Morgan fingerprint density at radius 2 is 2.05 bits per heavy atom. The number of hydrogen-bond donors (Lipinski definition) is 2. The number of pyridine rings is 1. The van der Waals surface area contributed by atoms with Crippen LogP contribution >= 0.6 is 0 Å². The molecule has 1 aromatic carbocycles. The monoisotopic (exact) mass is 271 g/mol. The Bertz CT molecular complexity index is 654. The summed E-state index contributed by atoms with van der Waals surface area (Å²) in [5.41, 5.74) is 13.6. The molecule has 5 nitrogen and oxygen atoms in total. The zero-order valence-corrected chi connectivity index (χ0v) is 11.5. The number of primary amides is 1. The van der Waals surface area contributed by atoms with Gasteiger partial charge >= 0.3 is 0 Å². The molecule has 0 spiro atoms. The second-order valence-electron chi connectivity index (χ2n) is 4.44. The molecule has 0 aliphatic carbocycles. The Hall–Kier alpha value is -2.56. The highest BCUT2D eigenvalue weighted by Crippen LogP contribution is 2.32. The lowest BCUT2D eigenvalue weighted by Gasteiger charge is -2.14. The van der Waals surface area contributed by atoms with Crippen molar-refractivity contribution in [1.82, 2.24) is 4.98 Å². The minimum atomic E-state index is -0.578. The number of para-hydroxylation sites is 1. The first-order chi connectivity index (χ1) is 9.52. The van der Waals surface area contributed by atoms with Crippen molar-refractivity contribution in [2.75, 3.05) is 5.73 Å². The number of aryl methyl sites for hydroxylation is 2. The number of amides is 1. The van der Waals surface area contributed by atoms with Crippen LogP contribution in [0.1, 0.15) is 28.7 Å². The minimum absolute atomic E-state index is 0.257. The van der Waals surface area contributed by atoms with Crippen LogP contribution in [0, 0.1) is 6.92 Å². The van der Waals surface area contributed by atoms with Gasteiger partial charge in [-0.25, -0.2) is 0 Å². The van der Waals surface area contributed by atoms with Gasteiger partial charge in [-0.05, 0) is 37.6 Å². The van der Waals surface area contributed by atoms with Gasteiger partial charge in [0.25, 0.3) is 5.91 Å². The van der Waals surface area contributed by atoms with E-state index in [0.29, 0.717) is 11.4 Å². The van der Waals surface area contributed by atoms with Gasteiger partial charge in [0.2, 0.25) is 0 Å². The van der Waals surface area contributed by atoms with Gasteiger partial charge in [0.05, 0.1) is 16.9 Å². The maximum atomic E-state index is 11.4. The van der Waals surface area contributed by atoms with Crippen LogP contribution < -0.4 is 16.2 Å². The first-order valence-electron chi connectivity index (χ1n) is 6.35. The molecule has 1 heterocycles. The largest absolute Gasteiger partial charge is 0.452 e. The molecule has 2 rings (SSSR count). The summed E-state index contributed by atoms with van der Waals surface area (Å²) in [5, 5.41) is 0. The van der Waals surface area contributed by atoms with Gasteiger partial charge in [-0.3, -0.25) is 9.78 Å². The number of aromatic nitrogens is 1. The number of carbonyl (C=O) groups is 1.